The van der Waals surface area contributed by atoms with Crippen molar-refractivity contribution in [1.82, 2.24) is 9.78 Å². The third-order valence-corrected chi connectivity index (χ3v) is 7.59. The average molecular weight is 540 g/mol. The van der Waals surface area contributed by atoms with E-state index in [0.29, 0.717) is 16.7 Å². The third kappa shape index (κ3) is 6.31. The minimum Gasteiger partial charge on any atom is -0.497 e. The van der Waals surface area contributed by atoms with Crippen molar-refractivity contribution < 1.29 is 22.7 Å². The van der Waals surface area contributed by atoms with Gasteiger partial charge >= 0.3 is 0 Å². The highest BCUT2D eigenvalue weighted by atomic mass is 35.5. The van der Waals surface area contributed by atoms with Gasteiger partial charge in [-0.3, -0.25) is 4.79 Å². The zero-order valence-corrected chi connectivity index (χ0v) is 22.1. The number of hydrogen-bond donors (Lipinski definition) is 1. The van der Waals surface area contributed by atoms with Crippen molar-refractivity contribution in [3.05, 3.63) is 95.3 Å². The lowest BCUT2D eigenvalue weighted by atomic mass is 10.0. The zero-order chi connectivity index (χ0) is 26.6. The van der Waals surface area contributed by atoms with Crippen LogP contribution in [0.1, 0.15) is 35.8 Å². The largest absolute Gasteiger partial charge is 0.497 e. The Morgan fingerprint density at radius 2 is 1.68 bits per heavy atom. The maximum absolute atomic E-state index is 13.1. The fourth-order valence-corrected chi connectivity index (χ4v) is 4.95. The Labute approximate surface area is 220 Å². The minimum atomic E-state index is -3.87. The molecule has 0 radical (unpaired) electrons. The van der Waals surface area contributed by atoms with E-state index in [2.05, 4.69) is 24.3 Å². The average Bonchev–Trinajstić information content (AvgIpc) is 3.37. The SMILES string of the molecule is COc1cc(NC(=O)c2ccn(COc3ccc(C(C)C)cc3)n2)cc(S(=O)(=O)c2ccc(Cl)cc2)c1. The molecular weight excluding hydrogens is 514 g/mol. The number of nitrogens with one attached hydrogen (secondary N) is 1. The van der Waals surface area contributed by atoms with E-state index in [4.69, 9.17) is 21.1 Å². The van der Waals surface area contributed by atoms with Gasteiger partial charge in [-0.1, -0.05) is 37.6 Å². The van der Waals surface area contributed by atoms with Gasteiger partial charge in [0.05, 0.1) is 16.9 Å². The molecule has 0 aliphatic heterocycles. The van der Waals surface area contributed by atoms with Crippen molar-refractivity contribution >= 4 is 33.0 Å². The maximum Gasteiger partial charge on any atom is 0.276 e. The van der Waals surface area contributed by atoms with E-state index in [-0.39, 0.29) is 33.7 Å². The molecule has 10 heteroatoms. The van der Waals surface area contributed by atoms with E-state index < -0.39 is 15.7 Å². The molecule has 37 heavy (non-hydrogen) atoms. The summed E-state index contributed by atoms with van der Waals surface area (Å²) in [4.78, 5) is 12.9. The molecule has 0 atom stereocenters. The standard InChI is InChI=1S/C27H26ClN3O5S/c1-18(2)19-4-8-22(9-5-19)36-17-31-13-12-26(30-31)27(32)29-21-14-23(35-3)16-25(15-21)37(33,34)24-10-6-20(28)7-11-24/h4-16,18H,17H2,1-3H3,(H,29,32). The van der Waals surface area contributed by atoms with E-state index in [0.717, 1.165) is 0 Å². The second kappa shape index (κ2) is 11.1. The van der Waals surface area contributed by atoms with Crippen LogP contribution in [0, 0.1) is 0 Å². The fourth-order valence-electron chi connectivity index (χ4n) is 3.51. The molecule has 4 aromatic rings. The molecular formula is C27H26ClN3O5S. The van der Waals surface area contributed by atoms with Gasteiger partial charge in [-0.25, -0.2) is 13.1 Å². The number of rotatable bonds is 9. The first-order valence-corrected chi connectivity index (χ1v) is 13.3. The van der Waals surface area contributed by atoms with Gasteiger partial charge in [0.1, 0.15) is 11.5 Å². The Kier molecular flexibility index (Phi) is 7.85. The van der Waals surface area contributed by atoms with Gasteiger partial charge in [0.15, 0.2) is 12.4 Å². The van der Waals surface area contributed by atoms with Crippen LogP contribution in [0.4, 0.5) is 5.69 Å². The number of amides is 1. The van der Waals surface area contributed by atoms with Crippen molar-refractivity contribution in [2.24, 2.45) is 0 Å². The van der Waals surface area contributed by atoms with Gasteiger partial charge in [-0.05, 0) is 66.1 Å². The van der Waals surface area contributed by atoms with Crippen LogP contribution < -0.4 is 14.8 Å². The van der Waals surface area contributed by atoms with Crippen molar-refractivity contribution in [1.29, 1.82) is 0 Å². The summed E-state index contributed by atoms with van der Waals surface area (Å²) in [5.41, 5.74) is 1.60. The second-order valence-electron chi connectivity index (χ2n) is 8.55. The third-order valence-electron chi connectivity index (χ3n) is 5.59. The van der Waals surface area contributed by atoms with Gasteiger partial charge < -0.3 is 14.8 Å². The molecule has 0 spiro atoms. The zero-order valence-electron chi connectivity index (χ0n) is 20.5. The molecule has 0 bridgehead atoms. The van der Waals surface area contributed by atoms with Crippen LogP contribution in [-0.4, -0.2) is 31.2 Å². The van der Waals surface area contributed by atoms with E-state index in [1.54, 1.807) is 12.3 Å². The summed E-state index contributed by atoms with van der Waals surface area (Å²) in [5, 5.41) is 7.37. The van der Waals surface area contributed by atoms with Crippen LogP contribution in [-0.2, 0) is 16.6 Å². The van der Waals surface area contributed by atoms with Gasteiger partial charge in [-0.2, -0.15) is 5.10 Å². The number of anilines is 1. The number of carbonyl (C=O) groups excluding carboxylic acids is 1. The summed E-state index contributed by atoms with van der Waals surface area (Å²) < 4.78 is 38.7. The van der Waals surface area contributed by atoms with Crippen LogP contribution in [0.25, 0.3) is 0 Å². The monoisotopic (exact) mass is 539 g/mol. The molecule has 0 aliphatic carbocycles. The molecule has 1 amide bonds. The van der Waals surface area contributed by atoms with Crippen LogP contribution in [0.2, 0.25) is 5.02 Å². The Morgan fingerprint density at radius 3 is 2.32 bits per heavy atom. The number of methoxy groups -OCH3 is 1. The lowest BCUT2D eigenvalue weighted by Gasteiger charge is -2.11. The van der Waals surface area contributed by atoms with Crippen molar-refractivity contribution in [2.45, 2.75) is 36.3 Å². The lowest BCUT2D eigenvalue weighted by molar-refractivity contribution is 0.102. The summed E-state index contributed by atoms with van der Waals surface area (Å²) in [6.45, 7) is 4.37. The van der Waals surface area contributed by atoms with Crippen molar-refractivity contribution in [3.63, 3.8) is 0 Å². The number of halogens is 1. The van der Waals surface area contributed by atoms with Gasteiger partial charge in [-0.15, -0.1) is 0 Å². The van der Waals surface area contributed by atoms with Crippen LogP contribution in [0.5, 0.6) is 11.5 Å². The number of nitrogens with zero attached hydrogens (tertiary/aromatic N) is 2. The fraction of sp³-hybridized carbons (Fsp3) is 0.185. The molecule has 0 aliphatic rings. The first kappa shape index (κ1) is 26.2. The first-order chi connectivity index (χ1) is 17.7. The van der Waals surface area contributed by atoms with Crippen molar-refractivity contribution in [2.75, 3.05) is 12.4 Å². The number of aromatic nitrogens is 2. The summed E-state index contributed by atoms with van der Waals surface area (Å²) in [6, 6.07) is 19.5. The smallest absolute Gasteiger partial charge is 0.276 e. The van der Waals surface area contributed by atoms with E-state index in [1.807, 2.05) is 24.3 Å². The number of benzene rings is 3. The topological polar surface area (TPSA) is 99.5 Å². The molecule has 1 N–H and O–H groups in total. The highest BCUT2D eigenvalue weighted by Gasteiger charge is 2.20. The number of carbonyl (C=O) groups is 1. The Bertz CT molecular complexity index is 1500. The molecule has 4 rings (SSSR count). The summed E-state index contributed by atoms with van der Waals surface area (Å²) in [7, 11) is -2.46. The quantitative estimate of drug-likeness (QED) is 0.289. The Hall–Kier alpha value is -3.82. The van der Waals surface area contributed by atoms with Gasteiger partial charge in [0, 0.05) is 23.0 Å². The summed E-state index contributed by atoms with van der Waals surface area (Å²) in [5.74, 6) is 0.882. The maximum atomic E-state index is 13.1. The molecule has 3 aromatic carbocycles. The molecule has 1 aromatic heterocycles. The highest BCUT2D eigenvalue weighted by molar-refractivity contribution is 7.91. The Morgan fingerprint density at radius 1 is 0.973 bits per heavy atom. The minimum absolute atomic E-state index is 0.0353. The number of sulfone groups is 1. The predicted octanol–water partition coefficient (Wildman–Crippen LogP) is 5.79. The van der Waals surface area contributed by atoms with E-state index >= 15 is 0 Å². The summed E-state index contributed by atoms with van der Waals surface area (Å²) >= 11 is 5.89. The highest BCUT2D eigenvalue weighted by Crippen LogP contribution is 2.29. The molecule has 192 valence electrons. The lowest BCUT2D eigenvalue weighted by Crippen LogP contribution is -2.15. The molecule has 8 nitrogen and oxygen atoms in total. The molecule has 1 heterocycles. The van der Waals surface area contributed by atoms with Crippen LogP contribution in [0.15, 0.2) is 88.8 Å². The number of hydrogen-bond acceptors (Lipinski definition) is 6. The Balaban J connectivity index is 1.47. The molecule has 0 saturated heterocycles. The van der Waals surface area contributed by atoms with E-state index in [1.165, 1.54) is 59.8 Å². The van der Waals surface area contributed by atoms with Crippen molar-refractivity contribution in [3.8, 4) is 11.5 Å². The summed E-state index contributed by atoms with van der Waals surface area (Å²) in [6.07, 6.45) is 1.62. The molecule has 0 fully saturated rings. The first-order valence-electron chi connectivity index (χ1n) is 11.4. The number of ether oxygens (including phenoxy) is 2. The second-order valence-corrected chi connectivity index (χ2v) is 10.9. The van der Waals surface area contributed by atoms with Crippen LogP contribution in [0.3, 0.4) is 0 Å². The predicted molar refractivity (Wildman–Crippen MR) is 141 cm³/mol. The normalized spacial score (nSPS) is 11.4. The molecule has 0 unspecified atom stereocenters. The van der Waals surface area contributed by atoms with Gasteiger partial charge in [0.2, 0.25) is 9.84 Å². The van der Waals surface area contributed by atoms with Gasteiger partial charge in [0.25, 0.3) is 5.91 Å². The van der Waals surface area contributed by atoms with Crippen LogP contribution >= 0.6 is 11.6 Å². The van der Waals surface area contributed by atoms with E-state index in [9.17, 15) is 13.2 Å². The molecule has 0 saturated carbocycles.